The highest BCUT2D eigenvalue weighted by molar-refractivity contribution is 7.89. The van der Waals surface area contributed by atoms with Gasteiger partial charge in [-0.1, -0.05) is 18.2 Å². The molecule has 0 heterocycles. The van der Waals surface area contributed by atoms with E-state index >= 15 is 0 Å². The van der Waals surface area contributed by atoms with Gasteiger partial charge in [-0.25, -0.2) is 12.8 Å². The van der Waals surface area contributed by atoms with Crippen molar-refractivity contribution in [2.75, 3.05) is 13.2 Å². The van der Waals surface area contributed by atoms with Crippen LogP contribution in [0.1, 0.15) is 25.3 Å². The van der Waals surface area contributed by atoms with E-state index in [4.69, 9.17) is 4.74 Å². The number of carbonyl (C=O) groups is 1. The number of ether oxygens (including phenoxy) is 1. The molecule has 10 heteroatoms. The number of hydrogen-bond acceptors (Lipinski definition) is 6. The number of carbonyl (C=O) groups excluding carboxylic acids is 1. The molecular weight excluding hydrogens is 403 g/mol. The minimum absolute atomic E-state index is 0.0127. The molecule has 0 aliphatic heterocycles. The lowest BCUT2D eigenvalue weighted by molar-refractivity contribution is -0.385. The second-order valence-electron chi connectivity index (χ2n) is 6.13. The molecule has 29 heavy (non-hydrogen) atoms. The zero-order valence-electron chi connectivity index (χ0n) is 15.8. The molecule has 0 bridgehead atoms. The number of hydrogen-bond donors (Lipinski definition) is 0. The summed E-state index contributed by atoms with van der Waals surface area (Å²) in [6.07, 6.45) is 0.229. The van der Waals surface area contributed by atoms with Crippen molar-refractivity contribution in [3.05, 3.63) is 70.0 Å². The summed E-state index contributed by atoms with van der Waals surface area (Å²) in [5.74, 6) is -0.897. The Balaban J connectivity index is 2.28. The predicted octanol–water partition coefficient (Wildman–Crippen LogP) is 3.27. The van der Waals surface area contributed by atoms with Gasteiger partial charge in [0, 0.05) is 31.6 Å². The van der Waals surface area contributed by atoms with Gasteiger partial charge in [0.2, 0.25) is 10.0 Å². The SMILES string of the molecule is CCOC(=O)CCCN(Cc1ccc(F)cc1)S(=O)(=O)c1cccc([N+](=O)[O-])c1. The number of rotatable bonds is 10. The summed E-state index contributed by atoms with van der Waals surface area (Å²) in [7, 11) is -4.09. The highest BCUT2D eigenvalue weighted by Crippen LogP contribution is 2.23. The smallest absolute Gasteiger partial charge is 0.305 e. The minimum atomic E-state index is -4.09. The molecule has 0 amide bonds. The van der Waals surface area contributed by atoms with Crippen LogP contribution < -0.4 is 0 Å². The maximum Gasteiger partial charge on any atom is 0.305 e. The first-order valence-corrected chi connectivity index (χ1v) is 10.3. The maximum absolute atomic E-state index is 13.2. The standard InChI is InChI=1S/C19H21FN2O6S/c1-2-28-19(23)7-4-12-21(14-15-8-10-16(20)11-9-15)29(26,27)18-6-3-5-17(13-18)22(24)25/h3,5-6,8-11,13H,2,4,7,12,14H2,1H3. The first-order valence-electron chi connectivity index (χ1n) is 8.88. The normalized spacial score (nSPS) is 11.4. The van der Waals surface area contributed by atoms with E-state index in [2.05, 4.69) is 0 Å². The molecule has 0 fully saturated rings. The van der Waals surface area contributed by atoms with Crippen molar-refractivity contribution < 1.29 is 27.3 Å². The van der Waals surface area contributed by atoms with Gasteiger partial charge in [0.15, 0.2) is 0 Å². The number of non-ortho nitro benzene ring substituents is 1. The van der Waals surface area contributed by atoms with E-state index in [1.54, 1.807) is 6.92 Å². The lowest BCUT2D eigenvalue weighted by Gasteiger charge is -2.22. The van der Waals surface area contributed by atoms with E-state index in [0.29, 0.717) is 5.56 Å². The fraction of sp³-hybridized carbons (Fsp3) is 0.316. The molecule has 0 aliphatic carbocycles. The highest BCUT2D eigenvalue weighted by Gasteiger charge is 2.26. The number of nitro groups is 1. The zero-order chi connectivity index (χ0) is 21.4. The summed E-state index contributed by atoms with van der Waals surface area (Å²) >= 11 is 0. The molecule has 0 saturated heterocycles. The Hall–Kier alpha value is -2.85. The highest BCUT2D eigenvalue weighted by atomic mass is 32.2. The predicted molar refractivity (Wildman–Crippen MR) is 103 cm³/mol. The molecule has 2 aromatic carbocycles. The molecule has 0 aliphatic rings. The summed E-state index contributed by atoms with van der Waals surface area (Å²) in [4.78, 5) is 21.6. The van der Waals surface area contributed by atoms with E-state index in [9.17, 15) is 27.7 Å². The third-order valence-electron chi connectivity index (χ3n) is 4.03. The third-order valence-corrected chi connectivity index (χ3v) is 5.87. The lowest BCUT2D eigenvalue weighted by Crippen LogP contribution is -2.32. The fourth-order valence-electron chi connectivity index (χ4n) is 2.62. The number of halogens is 1. The van der Waals surface area contributed by atoms with Gasteiger partial charge in [-0.05, 0) is 37.1 Å². The minimum Gasteiger partial charge on any atom is -0.466 e. The van der Waals surface area contributed by atoms with Gasteiger partial charge in [0.25, 0.3) is 5.69 Å². The molecule has 0 aromatic heterocycles. The fourth-order valence-corrected chi connectivity index (χ4v) is 4.12. The van der Waals surface area contributed by atoms with Crippen LogP contribution in [0.3, 0.4) is 0 Å². The van der Waals surface area contributed by atoms with Crippen molar-refractivity contribution in [1.29, 1.82) is 0 Å². The summed E-state index contributed by atoms with van der Waals surface area (Å²) in [5, 5.41) is 11.0. The third kappa shape index (κ3) is 6.33. The van der Waals surface area contributed by atoms with Gasteiger partial charge in [0.1, 0.15) is 5.82 Å². The Morgan fingerprint density at radius 2 is 1.90 bits per heavy atom. The molecule has 156 valence electrons. The molecule has 0 N–H and O–H groups in total. The average Bonchev–Trinajstić information content (AvgIpc) is 2.69. The summed E-state index contributed by atoms with van der Waals surface area (Å²) in [6.45, 7) is 1.81. The van der Waals surface area contributed by atoms with Crippen molar-refractivity contribution in [2.45, 2.75) is 31.2 Å². The summed E-state index contributed by atoms with van der Waals surface area (Å²) in [5.41, 5.74) is 0.191. The zero-order valence-corrected chi connectivity index (χ0v) is 16.6. The molecule has 2 aromatic rings. The first kappa shape index (κ1) is 22.4. The van der Waals surface area contributed by atoms with Crippen LogP contribution >= 0.6 is 0 Å². The van der Waals surface area contributed by atoms with Gasteiger partial charge in [-0.3, -0.25) is 14.9 Å². The second-order valence-corrected chi connectivity index (χ2v) is 8.07. The van der Waals surface area contributed by atoms with Crippen molar-refractivity contribution in [1.82, 2.24) is 4.31 Å². The molecule has 0 radical (unpaired) electrons. The van der Waals surface area contributed by atoms with Crippen LogP contribution in [0.25, 0.3) is 0 Å². The summed E-state index contributed by atoms with van der Waals surface area (Å²) in [6, 6.07) is 10.1. The molecular formula is C19H21FN2O6S. The molecule has 0 atom stereocenters. The Kier molecular flexibility index (Phi) is 7.80. The van der Waals surface area contributed by atoms with Crippen LogP contribution in [0.15, 0.2) is 53.4 Å². The molecule has 2 rings (SSSR count). The summed E-state index contributed by atoms with van der Waals surface area (Å²) < 4.78 is 45.3. The van der Waals surface area contributed by atoms with Crippen molar-refractivity contribution in [3.63, 3.8) is 0 Å². The monoisotopic (exact) mass is 424 g/mol. The average molecular weight is 424 g/mol. The molecule has 0 saturated carbocycles. The van der Waals surface area contributed by atoms with Gasteiger partial charge >= 0.3 is 5.97 Å². The molecule has 0 unspecified atom stereocenters. The largest absolute Gasteiger partial charge is 0.466 e. The number of benzene rings is 2. The van der Waals surface area contributed by atoms with E-state index in [-0.39, 0.29) is 43.1 Å². The Bertz CT molecular complexity index is 963. The number of sulfonamides is 1. The van der Waals surface area contributed by atoms with E-state index in [1.165, 1.54) is 42.5 Å². The van der Waals surface area contributed by atoms with Crippen molar-refractivity contribution in [2.24, 2.45) is 0 Å². The quantitative estimate of drug-likeness (QED) is 0.329. The van der Waals surface area contributed by atoms with Crippen LogP contribution in [-0.2, 0) is 26.1 Å². The van der Waals surface area contributed by atoms with Crippen LogP contribution in [0.4, 0.5) is 10.1 Å². The van der Waals surface area contributed by atoms with Gasteiger partial charge in [-0.2, -0.15) is 4.31 Å². The lowest BCUT2D eigenvalue weighted by atomic mass is 10.2. The first-order chi connectivity index (χ1) is 13.7. The Morgan fingerprint density at radius 1 is 1.21 bits per heavy atom. The topological polar surface area (TPSA) is 107 Å². The van der Waals surface area contributed by atoms with Crippen molar-refractivity contribution >= 4 is 21.7 Å². The number of nitro benzene ring substituents is 1. The molecule has 0 spiro atoms. The van der Waals surface area contributed by atoms with Crippen molar-refractivity contribution in [3.8, 4) is 0 Å². The van der Waals surface area contributed by atoms with Crippen LogP contribution in [0.5, 0.6) is 0 Å². The number of esters is 1. The second kappa shape index (κ2) is 10.1. The van der Waals surface area contributed by atoms with E-state index < -0.39 is 26.7 Å². The Labute approximate surface area is 168 Å². The van der Waals surface area contributed by atoms with Crippen LogP contribution in [-0.4, -0.2) is 36.8 Å². The maximum atomic E-state index is 13.2. The van der Waals surface area contributed by atoms with E-state index in [1.807, 2.05) is 0 Å². The van der Waals surface area contributed by atoms with Gasteiger partial charge < -0.3 is 4.74 Å². The van der Waals surface area contributed by atoms with Crippen LogP contribution in [0, 0.1) is 15.9 Å². The Morgan fingerprint density at radius 3 is 2.52 bits per heavy atom. The van der Waals surface area contributed by atoms with Gasteiger partial charge in [-0.15, -0.1) is 0 Å². The van der Waals surface area contributed by atoms with Crippen LogP contribution in [0.2, 0.25) is 0 Å². The molecule has 8 nitrogen and oxygen atoms in total. The van der Waals surface area contributed by atoms with Gasteiger partial charge in [0.05, 0.1) is 16.4 Å². The van der Waals surface area contributed by atoms with E-state index in [0.717, 1.165) is 10.4 Å². The number of nitrogens with zero attached hydrogens (tertiary/aromatic N) is 2.